The Morgan fingerprint density at radius 3 is 3.18 bits per heavy atom. The Morgan fingerprint density at radius 2 is 2.53 bits per heavy atom. The van der Waals surface area contributed by atoms with Gasteiger partial charge in [0.1, 0.15) is 5.69 Å². The molecule has 2 rings (SSSR count). The summed E-state index contributed by atoms with van der Waals surface area (Å²) in [6.07, 6.45) is 3.94. The normalized spacial score (nSPS) is 20.4. The quantitative estimate of drug-likeness (QED) is 0.793. The number of aromatic amines is 1. The Kier molecular flexibility index (Phi) is 4.28. The van der Waals surface area contributed by atoms with Crippen LogP contribution < -0.4 is 0 Å². The highest BCUT2D eigenvalue weighted by Gasteiger charge is 2.14. The molecule has 1 N–H and O–H groups in total. The number of ether oxygens (including phenoxy) is 2. The van der Waals surface area contributed by atoms with Crippen molar-refractivity contribution in [1.82, 2.24) is 10.2 Å². The molecule has 1 aromatic heterocycles. The van der Waals surface area contributed by atoms with Crippen LogP contribution in [0.4, 0.5) is 0 Å². The zero-order chi connectivity index (χ0) is 12.1. The molecule has 1 unspecified atom stereocenters. The predicted octanol–water partition coefficient (Wildman–Crippen LogP) is 1.70. The molecule has 0 saturated carbocycles. The van der Waals surface area contributed by atoms with Crippen LogP contribution in [-0.2, 0) is 15.9 Å². The lowest BCUT2D eigenvalue weighted by Gasteiger charge is -2.22. The zero-order valence-electron chi connectivity index (χ0n) is 10.1. The fraction of sp³-hybridized carbons (Fsp3) is 0.667. The maximum absolute atomic E-state index is 11.0. The number of nitrogens with one attached hydrogen (secondary N) is 1. The molecule has 17 heavy (non-hydrogen) atoms. The van der Waals surface area contributed by atoms with Gasteiger partial charge in [-0.3, -0.25) is 9.89 Å². The van der Waals surface area contributed by atoms with Crippen LogP contribution in [0.1, 0.15) is 42.4 Å². The van der Waals surface area contributed by atoms with E-state index in [1.165, 1.54) is 13.3 Å². The minimum absolute atomic E-state index is 0.0240. The summed E-state index contributed by atoms with van der Waals surface area (Å²) in [5, 5.41) is 6.75. The fourth-order valence-corrected chi connectivity index (χ4v) is 1.81. The Bertz CT molecular complexity index is 370. The van der Waals surface area contributed by atoms with Gasteiger partial charge >= 0.3 is 0 Å². The van der Waals surface area contributed by atoms with E-state index in [2.05, 4.69) is 10.2 Å². The molecule has 5 nitrogen and oxygen atoms in total. The highest BCUT2D eigenvalue weighted by Crippen LogP contribution is 2.14. The molecule has 0 aliphatic carbocycles. The average Bonchev–Trinajstić information content (AvgIpc) is 2.79. The van der Waals surface area contributed by atoms with Crippen LogP contribution in [0, 0.1) is 0 Å². The highest BCUT2D eigenvalue weighted by atomic mass is 16.7. The van der Waals surface area contributed by atoms with Crippen LogP contribution in [0.2, 0.25) is 0 Å². The van der Waals surface area contributed by atoms with Crippen LogP contribution >= 0.6 is 0 Å². The summed E-state index contributed by atoms with van der Waals surface area (Å²) >= 11 is 0. The van der Waals surface area contributed by atoms with Gasteiger partial charge in [0.05, 0.1) is 6.61 Å². The summed E-state index contributed by atoms with van der Waals surface area (Å²) in [5.41, 5.74) is 1.40. The van der Waals surface area contributed by atoms with Crippen LogP contribution in [0.15, 0.2) is 6.07 Å². The number of rotatable bonds is 5. The maximum Gasteiger partial charge on any atom is 0.179 e. The fourth-order valence-electron chi connectivity index (χ4n) is 1.81. The van der Waals surface area contributed by atoms with Gasteiger partial charge in [-0.05, 0) is 25.3 Å². The van der Waals surface area contributed by atoms with E-state index in [9.17, 15) is 4.79 Å². The van der Waals surface area contributed by atoms with E-state index in [0.717, 1.165) is 31.6 Å². The Balaban J connectivity index is 1.71. The highest BCUT2D eigenvalue weighted by molar-refractivity contribution is 5.92. The van der Waals surface area contributed by atoms with E-state index >= 15 is 0 Å². The second-order valence-electron chi connectivity index (χ2n) is 4.25. The number of carbonyl (C=O) groups excluding carboxylic acids is 1. The molecule has 1 aliphatic heterocycles. The van der Waals surface area contributed by atoms with E-state index in [4.69, 9.17) is 9.47 Å². The molecule has 0 aromatic carbocycles. The number of aromatic nitrogens is 2. The molecular formula is C12H18N2O3. The average molecular weight is 238 g/mol. The molecule has 1 fully saturated rings. The molecule has 1 atom stereocenters. The van der Waals surface area contributed by atoms with Crippen molar-refractivity contribution in [3.05, 3.63) is 17.5 Å². The van der Waals surface area contributed by atoms with E-state index in [1.807, 2.05) is 0 Å². The van der Waals surface area contributed by atoms with Gasteiger partial charge in [0.25, 0.3) is 0 Å². The summed E-state index contributed by atoms with van der Waals surface area (Å²) in [7, 11) is 0. The van der Waals surface area contributed by atoms with E-state index in [0.29, 0.717) is 12.3 Å². The maximum atomic E-state index is 11.0. The largest absolute Gasteiger partial charge is 0.353 e. The van der Waals surface area contributed by atoms with Gasteiger partial charge < -0.3 is 9.47 Å². The van der Waals surface area contributed by atoms with Crippen molar-refractivity contribution in [2.75, 3.05) is 13.2 Å². The lowest BCUT2D eigenvalue weighted by Crippen LogP contribution is -2.23. The standard InChI is InChI=1S/C12H18N2O3/c1-9(15)11-8-10(13-14-11)5-7-17-12-4-2-3-6-16-12/h8,12H,2-7H2,1H3,(H,13,14). The van der Waals surface area contributed by atoms with Gasteiger partial charge in [0.15, 0.2) is 12.1 Å². The molecule has 2 heterocycles. The first kappa shape index (κ1) is 12.3. The predicted molar refractivity (Wildman–Crippen MR) is 61.8 cm³/mol. The lowest BCUT2D eigenvalue weighted by atomic mass is 10.2. The van der Waals surface area contributed by atoms with Gasteiger partial charge in [0, 0.05) is 25.6 Å². The second kappa shape index (κ2) is 5.93. The molecule has 1 saturated heterocycles. The number of nitrogens with zero attached hydrogens (tertiary/aromatic N) is 1. The lowest BCUT2D eigenvalue weighted by molar-refractivity contribution is -0.161. The summed E-state index contributed by atoms with van der Waals surface area (Å²) in [5.74, 6) is -0.0240. The van der Waals surface area contributed by atoms with Crippen LogP contribution in [0.5, 0.6) is 0 Å². The van der Waals surface area contributed by atoms with Crippen molar-refractivity contribution in [1.29, 1.82) is 0 Å². The third-order valence-corrected chi connectivity index (χ3v) is 2.80. The first-order valence-electron chi connectivity index (χ1n) is 6.04. The molecular weight excluding hydrogens is 220 g/mol. The van der Waals surface area contributed by atoms with Gasteiger partial charge in [-0.2, -0.15) is 5.10 Å². The Labute approximate surface area is 100 Å². The van der Waals surface area contributed by atoms with E-state index in [1.54, 1.807) is 6.07 Å². The van der Waals surface area contributed by atoms with Crippen molar-refractivity contribution in [3.63, 3.8) is 0 Å². The van der Waals surface area contributed by atoms with E-state index in [-0.39, 0.29) is 12.1 Å². The summed E-state index contributed by atoms with van der Waals surface area (Å²) < 4.78 is 11.1. The Morgan fingerprint density at radius 1 is 1.65 bits per heavy atom. The summed E-state index contributed by atoms with van der Waals surface area (Å²) in [6, 6.07) is 1.77. The van der Waals surface area contributed by atoms with Crippen LogP contribution in [0.3, 0.4) is 0 Å². The second-order valence-corrected chi connectivity index (χ2v) is 4.25. The minimum Gasteiger partial charge on any atom is -0.353 e. The van der Waals surface area contributed by atoms with E-state index < -0.39 is 0 Å². The number of hydrogen-bond acceptors (Lipinski definition) is 4. The number of ketones is 1. The first-order valence-corrected chi connectivity index (χ1v) is 6.04. The third kappa shape index (κ3) is 3.64. The summed E-state index contributed by atoms with van der Waals surface area (Å²) in [6.45, 7) is 2.89. The molecule has 5 heteroatoms. The SMILES string of the molecule is CC(=O)c1cc(CCOC2CCCCO2)[nH]n1. The third-order valence-electron chi connectivity index (χ3n) is 2.80. The zero-order valence-corrected chi connectivity index (χ0v) is 10.1. The topological polar surface area (TPSA) is 64.2 Å². The van der Waals surface area contributed by atoms with Crippen LogP contribution in [0.25, 0.3) is 0 Å². The van der Waals surface area contributed by atoms with Gasteiger partial charge in [-0.25, -0.2) is 0 Å². The molecule has 0 bridgehead atoms. The number of H-pyrrole nitrogens is 1. The molecule has 0 radical (unpaired) electrons. The first-order chi connectivity index (χ1) is 8.25. The summed E-state index contributed by atoms with van der Waals surface area (Å²) in [4.78, 5) is 11.0. The van der Waals surface area contributed by atoms with Crippen molar-refractivity contribution >= 4 is 5.78 Å². The molecule has 0 amide bonds. The number of carbonyl (C=O) groups is 1. The Hall–Kier alpha value is -1.20. The number of Topliss-reactive ketones (excluding diaryl/α,β-unsaturated/α-hetero) is 1. The smallest absolute Gasteiger partial charge is 0.179 e. The monoisotopic (exact) mass is 238 g/mol. The van der Waals surface area contributed by atoms with Crippen molar-refractivity contribution < 1.29 is 14.3 Å². The van der Waals surface area contributed by atoms with Gasteiger partial charge in [-0.15, -0.1) is 0 Å². The van der Waals surface area contributed by atoms with Gasteiger partial charge in [0.2, 0.25) is 0 Å². The minimum atomic E-state index is -0.0565. The molecule has 1 aromatic rings. The molecule has 1 aliphatic rings. The molecule has 0 spiro atoms. The number of hydrogen-bond donors (Lipinski definition) is 1. The van der Waals surface area contributed by atoms with Crippen molar-refractivity contribution in [3.8, 4) is 0 Å². The van der Waals surface area contributed by atoms with Crippen LogP contribution in [-0.4, -0.2) is 35.5 Å². The van der Waals surface area contributed by atoms with Gasteiger partial charge in [-0.1, -0.05) is 0 Å². The molecule has 94 valence electrons. The van der Waals surface area contributed by atoms with Crippen molar-refractivity contribution in [2.24, 2.45) is 0 Å². The van der Waals surface area contributed by atoms with Crippen molar-refractivity contribution in [2.45, 2.75) is 38.9 Å².